The van der Waals surface area contributed by atoms with E-state index in [1.807, 2.05) is 48.5 Å². The predicted molar refractivity (Wildman–Crippen MR) is 275 cm³/mol. The highest BCUT2D eigenvalue weighted by atomic mass is 16.5. The lowest BCUT2D eigenvalue weighted by molar-refractivity contribution is -0.130. The normalized spacial score (nSPS) is 10.8. The van der Waals surface area contributed by atoms with Crippen LogP contribution in [0.15, 0.2) is 249 Å². The molecule has 0 aromatic heterocycles. The van der Waals surface area contributed by atoms with Gasteiger partial charge in [0.1, 0.15) is 5.75 Å². The Labute approximate surface area is 388 Å². The predicted octanol–water partition coefficient (Wildman–Crippen LogP) is 16.7. The van der Waals surface area contributed by atoms with Gasteiger partial charge in [-0.1, -0.05) is 91.5 Å². The minimum Gasteiger partial charge on any atom is -0.423 e. The standard InChI is InChI=1S/C60H50N4O2/c1-44(2)60(65)66-59-28-16-27-58(43-59)64(49-23-12-7-13-24-49)55-39-33-52(34-40-55)61(50-29-35-53(36-30-50)62(47-19-8-5-9-20-47)56-25-14-17-45(3)41-56)51-31-37-54(38-32-51)63(48-21-10-6-11-22-48)57-26-15-18-46(4)42-57/h5-43H,1H2,2-4H3. The lowest BCUT2D eigenvalue weighted by Crippen LogP contribution is -2.14. The molecule has 0 amide bonds. The molecule has 9 rings (SSSR count). The quantitative estimate of drug-likeness (QED) is 0.0616. The maximum atomic E-state index is 12.5. The number of anilines is 12. The summed E-state index contributed by atoms with van der Waals surface area (Å²) in [6.45, 7) is 9.66. The summed E-state index contributed by atoms with van der Waals surface area (Å²) < 4.78 is 5.67. The van der Waals surface area contributed by atoms with Crippen molar-refractivity contribution in [3.05, 3.63) is 260 Å². The maximum Gasteiger partial charge on any atom is 0.338 e. The Bertz CT molecular complexity index is 2930. The van der Waals surface area contributed by atoms with E-state index in [9.17, 15) is 4.79 Å². The summed E-state index contributed by atoms with van der Waals surface area (Å²) in [5.41, 5.74) is 14.9. The Morgan fingerprint density at radius 2 is 0.591 bits per heavy atom. The largest absolute Gasteiger partial charge is 0.423 e. The molecule has 66 heavy (non-hydrogen) atoms. The molecule has 9 aromatic rings. The maximum absolute atomic E-state index is 12.5. The van der Waals surface area contributed by atoms with Crippen molar-refractivity contribution < 1.29 is 9.53 Å². The number of aryl methyl sites for hydroxylation is 2. The Balaban J connectivity index is 1.13. The molecule has 0 aliphatic heterocycles. The van der Waals surface area contributed by atoms with Gasteiger partial charge in [0.2, 0.25) is 0 Å². The highest BCUT2D eigenvalue weighted by molar-refractivity contribution is 5.89. The molecule has 0 bridgehead atoms. The number of carbonyl (C=O) groups excluding carboxylic acids is 1. The first-order valence-corrected chi connectivity index (χ1v) is 22.1. The zero-order chi connectivity index (χ0) is 45.4. The van der Waals surface area contributed by atoms with Crippen molar-refractivity contribution in [2.24, 2.45) is 0 Å². The van der Waals surface area contributed by atoms with Crippen molar-refractivity contribution in [2.75, 3.05) is 19.6 Å². The van der Waals surface area contributed by atoms with Crippen LogP contribution in [0.1, 0.15) is 18.1 Å². The van der Waals surface area contributed by atoms with E-state index in [1.165, 1.54) is 11.1 Å². The topological polar surface area (TPSA) is 39.3 Å². The molecule has 0 saturated heterocycles. The first-order chi connectivity index (χ1) is 32.3. The summed E-state index contributed by atoms with van der Waals surface area (Å²) in [4.78, 5) is 21.5. The summed E-state index contributed by atoms with van der Waals surface area (Å²) in [6.07, 6.45) is 0. The lowest BCUT2D eigenvalue weighted by atomic mass is 10.1. The molecule has 0 fully saturated rings. The summed E-state index contributed by atoms with van der Waals surface area (Å²) in [5.74, 6) is -0.0210. The highest BCUT2D eigenvalue weighted by Crippen LogP contribution is 2.43. The second-order valence-corrected chi connectivity index (χ2v) is 16.2. The van der Waals surface area contributed by atoms with Gasteiger partial charge in [0.15, 0.2) is 0 Å². The fourth-order valence-corrected chi connectivity index (χ4v) is 8.19. The minimum absolute atomic E-state index is 0.337. The molecule has 0 N–H and O–H groups in total. The highest BCUT2D eigenvalue weighted by Gasteiger charge is 2.20. The van der Waals surface area contributed by atoms with Crippen LogP contribution in [-0.4, -0.2) is 5.97 Å². The first kappa shape index (κ1) is 42.7. The first-order valence-electron chi connectivity index (χ1n) is 22.1. The molecule has 0 aliphatic rings. The van der Waals surface area contributed by atoms with Crippen LogP contribution in [0.5, 0.6) is 5.75 Å². The van der Waals surface area contributed by atoms with E-state index in [4.69, 9.17) is 4.74 Å². The van der Waals surface area contributed by atoms with Crippen molar-refractivity contribution >= 4 is 74.2 Å². The summed E-state index contributed by atoms with van der Waals surface area (Å²) >= 11 is 0. The van der Waals surface area contributed by atoms with E-state index in [1.54, 1.807) is 13.0 Å². The molecular formula is C60H50N4O2. The number of nitrogens with zero attached hydrogens (tertiary/aromatic N) is 4. The van der Waals surface area contributed by atoms with E-state index in [-0.39, 0.29) is 0 Å². The minimum atomic E-state index is -0.463. The third-order valence-corrected chi connectivity index (χ3v) is 11.3. The van der Waals surface area contributed by atoms with Gasteiger partial charge in [-0.05, 0) is 177 Å². The zero-order valence-corrected chi connectivity index (χ0v) is 37.3. The van der Waals surface area contributed by atoms with E-state index in [0.717, 1.165) is 68.2 Å². The van der Waals surface area contributed by atoms with Crippen molar-refractivity contribution in [2.45, 2.75) is 20.8 Å². The van der Waals surface area contributed by atoms with Gasteiger partial charge in [0.25, 0.3) is 0 Å². The van der Waals surface area contributed by atoms with Crippen LogP contribution in [0.2, 0.25) is 0 Å². The van der Waals surface area contributed by atoms with Crippen LogP contribution in [0.3, 0.4) is 0 Å². The van der Waals surface area contributed by atoms with Crippen LogP contribution in [-0.2, 0) is 4.79 Å². The van der Waals surface area contributed by atoms with Gasteiger partial charge in [-0.3, -0.25) is 0 Å². The number of ether oxygens (including phenoxy) is 1. The Morgan fingerprint density at radius 3 is 0.894 bits per heavy atom. The molecule has 6 heteroatoms. The number of hydrogen-bond acceptors (Lipinski definition) is 6. The monoisotopic (exact) mass is 858 g/mol. The molecular weight excluding hydrogens is 809 g/mol. The number of carbonyl (C=O) groups is 1. The van der Waals surface area contributed by atoms with Gasteiger partial charge in [-0.25, -0.2) is 4.79 Å². The van der Waals surface area contributed by atoms with E-state index >= 15 is 0 Å². The number of hydrogen-bond donors (Lipinski definition) is 0. The summed E-state index contributed by atoms with van der Waals surface area (Å²) in [6, 6.07) is 82.1. The van der Waals surface area contributed by atoms with Crippen molar-refractivity contribution in [3.63, 3.8) is 0 Å². The number of esters is 1. The molecule has 6 nitrogen and oxygen atoms in total. The van der Waals surface area contributed by atoms with Gasteiger partial charge in [-0.15, -0.1) is 0 Å². The summed E-state index contributed by atoms with van der Waals surface area (Å²) in [5, 5.41) is 0. The van der Waals surface area contributed by atoms with Crippen LogP contribution in [0, 0.1) is 13.8 Å². The van der Waals surface area contributed by atoms with Gasteiger partial charge >= 0.3 is 5.97 Å². The Morgan fingerprint density at radius 1 is 0.333 bits per heavy atom. The van der Waals surface area contributed by atoms with Crippen LogP contribution in [0.25, 0.3) is 0 Å². The fraction of sp³-hybridized carbons (Fsp3) is 0.0500. The van der Waals surface area contributed by atoms with Crippen molar-refractivity contribution in [1.29, 1.82) is 0 Å². The summed E-state index contributed by atoms with van der Waals surface area (Å²) in [7, 11) is 0. The third-order valence-electron chi connectivity index (χ3n) is 11.3. The van der Waals surface area contributed by atoms with Crippen molar-refractivity contribution in [3.8, 4) is 5.75 Å². The second-order valence-electron chi connectivity index (χ2n) is 16.2. The fourth-order valence-electron chi connectivity index (χ4n) is 8.19. The second kappa shape index (κ2) is 19.4. The molecule has 0 atom stereocenters. The average Bonchev–Trinajstić information content (AvgIpc) is 3.34. The Kier molecular flexibility index (Phi) is 12.6. The molecule has 0 heterocycles. The van der Waals surface area contributed by atoms with Gasteiger partial charge in [-0.2, -0.15) is 0 Å². The molecule has 9 aromatic carbocycles. The van der Waals surface area contributed by atoms with Gasteiger partial charge < -0.3 is 24.3 Å². The molecule has 0 saturated carbocycles. The van der Waals surface area contributed by atoms with Crippen molar-refractivity contribution in [1.82, 2.24) is 0 Å². The van der Waals surface area contributed by atoms with Gasteiger partial charge in [0, 0.05) is 79.9 Å². The number of para-hydroxylation sites is 3. The van der Waals surface area contributed by atoms with Gasteiger partial charge in [0.05, 0.1) is 0 Å². The SMILES string of the molecule is C=C(C)C(=O)Oc1cccc(N(c2ccccc2)c2ccc(N(c3ccc(N(c4ccccc4)c4cccc(C)c4)cc3)c3ccc(N(c4ccccc4)c4cccc(C)c4)cc3)cc2)c1. The third kappa shape index (κ3) is 9.49. The lowest BCUT2D eigenvalue weighted by Gasteiger charge is -2.30. The number of benzene rings is 9. The zero-order valence-electron chi connectivity index (χ0n) is 37.3. The molecule has 0 spiro atoms. The molecule has 0 radical (unpaired) electrons. The van der Waals surface area contributed by atoms with E-state index < -0.39 is 5.97 Å². The average molecular weight is 859 g/mol. The Hall–Kier alpha value is -8.61. The van der Waals surface area contributed by atoms with Crippen LogP contribution < -0.4 is 24.3 Å². The van der Waals surface area contributed by atoms with E-state index in [0.29, 0.717) is 11.3 Å². The smallest absolute Gasteiger partial charge is 0.338 e. The molecule has 0 aliphatic carbocycles. The van der Waals surface area contributed by atoms with Crippen LogP contribution >= 0.6 is 0 Å². The molecule has 322 valence electrons. The molecule has 0 unspecified atom stereocenters. The van der Waals surface area contributed by atoms with Crippen LogP contribution in [0.4, 0.5) is 68.2 Å². The number of rotatable bonds is 14. The van der Waals surface area contributed by atoms with E-state index in [2.05, 4.69) is 222 Å².